The summed E-state index contributed by atoms with van der Waals surface area (Å²) < 4.78 is 28.4. The van der Waals surface area contributed by atoms with Gasteiger partial charge in [0.05, 0.1) is 25.7 Å². The van der Waals surface area contributed by atoms with Crippen molar-refractivity contribution < 1.29 is 28.5 Å². The van der Waals surface area contributed by atoms with Gasteiger partial charge in [0.25, 0.3) is 0 Å². The van der Waals surface area contributed by atoms with Crippen molar-refractivity contribution in [1.82, 2.24) is 0 Å². The molecule has 1 aromatic rings. The molecule has 0 spiro atoms. The smallest absolute Gasteiger partial charge is 0.302 e. The molecule has 0 radical (unpaired) electrons. The molecule has 6 nitrogen and oxygen atoms in total. The third kappa shape index (κ3) is 3.40. The lowest BCUT2D eigenvalue weighted by molar-refractivity contribution is -0.207. The third-order valence-corrected chi connectivity index (χ3v) is 4.29. The maximum atomic E-state index is 11.2. The topological polar surface area (TPSA) is 63.2 Å². The Kier molecular flexibility index (Phi) is 4.96. The van der Waals surface area contributed by atoms with Gasteiger partial charge in [-0.15, -0.1) is 0 Å². The van der Waals surface area contributed by atoms with Crippen LogP contribution in [0.2, 0.25) is 0 Å². The molecule has 1 unspecified atom stereocenters. The number of esters is 1. The van der Waals surface area contributed by atoms with E-state index in [4.69, 9.17) is 23.7 Å². The maximum Gasteiger partial charge on any atom is 0.302 e. The number of methoxy groups -OCH3 is 1. The highest BCUT2D eigenvalue weighted by atomic mass is 16.7. The van der Waals surface area contributed by atoms with Gasteiger partial charge in [0.1, 0.15) is 12.7 Å². The minimum atomic E-state index is -0.815. The van der Waals surface area contributed by atoms with Crippen LogP contribution in [0.25, 0.3) is 0 Å². The SMILES string of the molecule is CO[C@@H]1O[C@@]2(COC(C)=O)COC[C@H]1C2OCc1ccccc1. The molecule has 0 aliphatic carbocycles. The van der Waals surface area contributed by atoms with E-state index in [2.05, 4.69) is 0 Å². The number of ether oxygens (including phenoxy) is 5. The summed E-state index contributed by atoms with van der Waals surface area (Å²) in [6, 6.07) is 9.93. The standard InChI is InChI=1S/C17H22O6/c1-12(18)22-11-17-10-20-9-14(16(19-2)23-17)15(17)21-8-13-6-4-3-5-7-13/h3-7,14-16H,8-11H2,1-2H3/t14-,15?,16+,17+/m0/s1. The summed E-state index contributed by atoms with van der Waals surface area (Å²) >= 11 is 0. The normalized spacial score (nSPS) is 32.7. The quantitative estimate of drug-likeness (QED) is 0.740. The summed E-state index contributed by atoms with van der Waals surface area (Å²) in [5, 5.41) is 0. The zero-order valence-corrected chi connectivity index (χ0v) is 13.4. The predicted molar refractivity (Wildman–Crippen MR) is 80.6 cm³/mol. The van der Waals surface area contributed by atoms with E-state index in [0.717, 1.165) is 5.56 Å². The Morgan fingerprint density at radius 3 is 2.83 bits per heavy atom. The highest BCUT2D eigenvalue weighted by Gasteiger charge is 2.60. The molecule has 0 aromatic heterocycles. The molecule has 126 valence electrons. The van der Waals surface area contributed by atoms with E-state index in [1.807, 2.05) is 30.3 Å². The summed E-state index contributed by atoms with van der Waals surface area (Å²) in [6.07, 6.45) is -0.672. The Bertz CT molecular complexity index is 533. The van der Waals surface area contributed by atoms with Gasteiger partial charge < -0.3 is 23.7 Å². The summed E-state index contributed by atoms with van der Waals surface area (Å²) in [6.45, 7) is 2.75. The van der Waals surface area contributed by atoms with Gasteiger partial charge in [-0.2, -0.15) is 0 Å². The van der Waals surface area contributed by atoms with Crippen molar-refractivity contribution in [1.29, 1.82) is 0 Å². The van der Waals surface area contributed by atoms with E-state index in [1.165, 1.54) is 6.92 Å². The molecule has 2 saturated heterocycles. The molecule has 2 bridgehead atoms. The van der Waals surface area contributed by atoms with E-state index >= 15 is 0 Å². The number of benzene rings is 1. The monoisotopic (exact) mass is 322 g/mol. The van der Waals surface area contributed by atoms with Crippen molar-refractivity contribution in [2.45, 2.75) is 31.5 Å². The second-order valence-corrected chi connectivity index (χ2v) is 5.96. The van der Waals surface area contributed by atoms with Gasteiger partial charge in [-0.1, -0.05) is 30.3 Å². The molecule has 4 atom stereocenters. The van der Waals surface area contributed by atoms with Crippen LogP contribution in [0, 0.1) is 5.92 Å². The number of carbonyl (C=O) groups excluding carboxylic acids is 1. The molecule has 6 heteroatoms. The van der Waals surface area contributed by atoms with Crippen molar-refractivity contribution in [2.24, 2.45) is 5.92 Å². The number of hydrogen-bond acceptors (Lipinski definition) is 6. The molecule has 0 saturated carbocycles. The van der Waals surface area contributed by atoms with Gasteiger partial charge in [-0.05, 0) is 5.56 Å². The molecule has 2 aliphatic heterocycles. The molecule has 2 heterocycles. The van der Waals surface area contributed by atoms with E-state index < -0.39 is 11.9 Å². The Morgan fingerprint density at radius 1 is 1.35 bits per heavy atom. The van der Waals surface area contributed by atoms with Crippen LogP contribution in [0.5, 0.6) is 0 Å². The van der Waals surface area contributed by atoms with Crippen LogP contribution in [0.1, 0.15) is 12.5 Å². The first-order chi connectivity index (χ1) is 11.1. The Labute approximate surface area is 135 Å². The van der Waals surface area contributed by atoms with Gasteiger partial charge in [0, 0.05) is 14.0 Å². The second kappa shape index (κ2) is 6.97. The van der Waals surface area contributed by atoms with Crippen molar-refractivity contribution in [3.8, 4) is 0 Å². The number of rotatable bonds is 6. The van der Waals surface area contributed by atoms with Crippen molar-refractivity contribution in [3.05, 3.63) is 35.9 Å². The molecule has 1 aromatic carbocycles. The Hall–Kier alpha value is -1.47. The van der Waals surface area contributed by atoms with Crippen molar-refractivity contribution in [3.63, 3.8) is 0 Å². The molecule has 3 rings (SSSR count). The average Bonchev–Trinajstić information content (AvgIpc) is 2.73. The van der Waals surface area contributed by atoms with Gasteiger partial charge in [-0.3, -0.25) is 4.79 Å². The molecule has 23 heavy (non-hydrogen) atoms. The fraction of sp³-hybridized carbons (Fsp3) is 0.588. The van der Waals surface area contributed by atoms with Crippen LogP contribution in [0.3, 0.4) is 0 Å². The first-order valence-corrected chi connectivity index (χ1v) is 7.72. The fourth-order valence-electron chi connectivity index (χ4n) is 3.21. The molecule has 0 N–H and O–H groups in total. The lowest BCUT2D eigenvalue weighted by atomic mass is 9.89. The molecular formula is C17H22O6. The summed E-state index contributed by atoms with van der Waals surface area (Å²) in [7, 11) is 1.60. The van der Waals surface area contributed by atoms with Crippen LogP contribution in [0.15, 0.2) is 30.3 Å². The second-order valence-electron chi connectivity index (χ2n) is 5.96. The molecular weight excluding hydrogens is 300 g/mol. The summed E-state index contributed by atoms with van der Waals surface area (Å²) in [5.74, 6) is -0.402. The average molecular weight is 322 g/mol. The lowest BCUT2D eigenvalue weighted by Gasteiger charge is -2.37. The maximum absolute atomic E-state index is 11.2. The highest BCUT2D eigenvalue weighted by molar-refractivity contribution is 5.66. The van der Waals surface area contributed by atoms with E-state index in [0.29, 0.717) is 19.8 Å². The number of hydrogen-bond donors (Lipinski definition) is 0. The van der Waals surface area contributed by atoms with Crippen LogP contribution < -0.4 is 0 Å². The molecule has 2 aliphatic rings. The van der Waals surface area contributed by atoms with Crippen LogP contribution in [0.4, 0.5) is 0 Å². The zero-order chi connectivity index (χ0) is 16.3. The van der Waals surface area contributed by atoms with E-state index in [1.54, 1.807) is 7.11 Å². The Morgan fingerprint density at radius 2 is 2.13 bits per heavy atom. The van der Waals surface area contributed by atoms with Gasteiger partial charge >= 0.3 is 5.97 Å². The molecule has 0 amide bonds. The van der Waals surface area contributed by atoms with Crippen LogP contribution in [-0.4, -0.2) is 50.9 Å². The van der Waals surface area contributed by atoms with Crippen molar-refractivity contribution >= 4 is 5.97 Å². The Balaban J connectivity index is 1.75. The predicted octanol–water partition coefficient (Wildman–Crippen LogP) is 1.52. The molecule has 2 fully saturated rings. The zero-order valence-electron chi connectivity index (χ0n) is 13.4. The largest absolute Gasteiger partial charge is 0.463 e. The summed E-state index contributed by atoms with van der Waals surface area (Å²) in [5.41, 5.74) is 0.263. The van der Waals surface area contributed by atoms with Crippen molar-refractivity contribution in [2.75, 3.05) is 26.9 Å². The first kappa shape index (κ1) is 16.4. The minimum Gasteiger partial charge on any atom is -0.463 e. The highest BCUT2D eigenvalue weighted by Crippen LogP contribution is 2.42. The lowest BCUT2D eigenvalue weighted by Crippen LogP contribution is -2.54. The van der Waals surface area contributed by atoms with E-state index in [9.17, 15) is 4.79 Å². The van der Waals surface area contributed by atoms with Gasteiger partial charge in [-0.25, -0.2) is 0 Å². The van der Waals surface area contributed by atoms with Gasteiger partial charge in [0.2, 0.25) is 0 Å². The minimum absolute atomic E-state index is 0.0481. The first-order valence-electron chi connectivity index (χ1n) is 7.72. The van der Waals surface area contributed by atoms with Gasteiger partial charge in [0.15, 0.2) is 11.9 Å². The fourth-order valence-corrected chi connectivity index (χ4v) is 3.21. The third-order valence-electron chi connectivity index (χ3n) is 4.29. The van der Waals surface area contributed by atoms with Crippen LogP contribution in [-0.2, 0) is 35.1 Å². The number of carbonyl (C=O) groups is 1. The van der Waals surface area contributed by atoms with Crippen LogP contribution >= 0.6 is 0 Å². The number of fused-ring (bicyclic) bond motifs is 2. The summed E-state index contributed by atoms with van der Waals surface area (Å²) in [4.78, 5) is 11.2. The van der Waals surface area contributed by atoms with E-state index in [-0.39, 0.29) is 24.6 Å².